The minimum Gasteiger partial charge on any atom is -0.370 e. The third kappa shape index (κ3) is 7.22. The van der Waals surface area contributed by atoms with Gasteiger partial charge in [0.05, 0.1) is 0 Å². The molecule has 1 aromatic carbocycles. The number of aliphatic imine (C=N–C) groups is 1. The van der Waals surface area contributed by atoms with Crippen molar-refractivity contribution in [3.8, 4) is 0 Å². The fourth-order valence-electron chi connectivity index (χ4n) is 2.62. The number of nitrogens with zero attached hydrogens (tertiary/aromatic N) is 1. The van der Waals surface area contributed by atoms with E-state index in [1.54, 1.807) is 0 Å². The van der Waals surface area contributed by atoms with E-state index in [0.29, 0.717) is 25.0 Å². The summed E-state index contributed by atoms with van der Waals surface area (Å²) in [5.74, 6) is 1.42. The van der Waals surface area contributed by atoms with Crippen molar-refractivity contribution < 1.29 is 4.79 Å². The zero-order valence-corrected chi connectivity index (χ0v) is 17.6. The molecule has 5 nitrogen and oxygen atoms in total. The highest BCUT2D eigenvalue weighted by molar-refractivity contribution is 14.0. The maximum absolute atomic E-state index is 11.7. The molecule has 1 amide bonds. The Morgan fingerprint density at radius 1 is 1.32 bits per heavy atom. The Bertz CT molecular complexity index is 555. The molecule has 1 fully saturated rings. The predicted molar refractivity (Wildman–Crippen MR) is 116 cm³/mol. The topological polar surface area (TPSA) is 79.5 Å². The minimum atomic E-state index is 0. The summed E-state index contributed by atoms with van der Waals surface area (Å²) in [5.41, 5.74) is 8.18. The number of guanidine groups is 1. The maximum Gasteiger partial charge on any atom is 0.223 e. The SMILES string of the molecule is CCC(C)c1ccc(NC(N)=NCCCNC(=O)C2CCC2)cc1.I. The van der Waals surface area contributed by atoms with Crippen LogP contribution in [0, 0.1) is 5.92 Å². The van der Waals surface area contributed by atoms with E-state index in [0.717, 1.165) is 31.4 Å². The van der Waals surface area contributed by atoms with Crippen LogP contribution >= 0.6 is 24.0 Å². The first-order chi connectivity index (χ1) is 11.6. The zero-order valence-electron chi connectivity index (χ0n) is 15.3. The molecule has 0 bridgehead atoms. The molecule has 0 aromatic heterocycles. The molecule has 0 spiro atoms. The number of carbonyl (C=O) groups is 1. The van der Waals surface area contributed by atoms with Gasteiger partial charge in [0.15, 0.2) is 5.96 Å². The molecule has 1 saturated carbocycles. The number of amides is 1. The fraction of sp³-hybridized carbons (Fsp3) is 0.579. The number of anilines is 1. The molecule has 1 unspecified atom stereocenters. The normalized spacial score (nSPS) is 15.7. The summed E-state index contributed by atoms with van der Waals surface area (Å²) < 4.78 is 0. The van der Waals surface area contributed by atoms with Gasteiger partial charge in [0.25, 0.3) is 0 Å². The van der Waals surface area contributed by atoms with Crippen molar-refractivity contribution in [3.05, 3.63) is 29.8 Å². The second-order valence-corrected chi connectivity index (χ2v) is 6.60. The number of hydrogen-bond donors (Lipinski definition) is 3. The first kappa shape index (κ1) is 21.7. The predicted octanol–water partition coefficient (Wildman–Crippen LogP) is 3.85. The van der Waals surface area contributed by atoms with E-state index in [-0.39, 0.29) is 35.8 Å². The molecule has 1 aliphatic carbocycles. The summed E-state index contributed by atoms with van der Waals surface area (Å²) in [5, 5.41) is 6.06. The average molecular weight is 458 g/mol. The minimum absolute atomic E-state index is 0. The fourth-order valence-corrected chi connectivity index (χ4v) is 2.62. The summed E-state index contributed by atoms with van der Waals surface area (Å²) in [6, 6.07) is 8.31. The molecule has 0 saturated heterocycles. The van der Waals surface area contributed by atoms with Crippen LogP contribution in [0.3, 0.4) is 0 Å². The highest BCUT2D eigenvalue weighted by atomic mass is 127. The molecular weight excluding hydrogens is 427 g/mol. The number of halogens is 1. The smallest absolute Gasteiger partial charge is 0.223 e. The van der Waals surface area contributed by atoms with E-state index in [4.69, 9.17) is 5.73 Å². The third-order valence-electron chi connectivity index (χ3n) is 4.76. The molecule has 6 heteroatoms. The Labute approximate surface area is 168 Å². The van der Waals surface area contributed by atoms with Gasteiger partial charge < -0.3 is 16.4 Å². The van der Waals surface area contributed by atoms with E-state index in [1.165, 1.54) is 12.0 Å². The quantitative estimate of drug-likeness (QED) is 0.240. The Hall–Kier alpha value is -1.31. The van der Waals surface area contributed by atoms with Crippen LogP contribution in [0.25, 0.3) is 0 Å². The van der Waals surface area contributed by atoms with Gasteiger partial charge in [-0.2, -0.15) is 0 Å². The summed E-state index contributed by atoms with van der Waals surface area (Å²) in [6.45, 7) is 5.68. The Morgan fingerprint density at radius 3 is 2.56 bits per heavy atom. The molecule has 1 aromatic rings. The second-order valence-electron chi connectivity index (χ2n) is 6.60. The van der Waals surface area contributed by atoms with Gasteiger partial charge in [-0.15, -0.1) is 24.0 Å². The lowest BCUT2D eigenvalue weighted by molar-refractivity contribution is -0.127. The Morgan fingerprint density at radius 2 is 2.00 bits per heavy atom. The highest BCUT2D eigenvalue weighted by Crippen LogP contribution is 2.26. The summed E-state index contributed by atoms with van der Waals surface area (Å²) in [4.78, 5) is 16.0. The van der Waals surface area contributed by atoms with Crippen LogP contribution in [0.15, 0.2) is 29.3 Å². The van der Waals surface area contributed by atoms with Crippen LogP contribution in [0.5, 0.6) is 0 Å². The molecule has 0 radical (unpaired) electrons. The molecular formula is C19H31IN4O. The van der Waals surface area contributed by atoms with E-state index in [1.807, 2.05) is 12.1 Å². The second kappa shape index (κ2) is 11.3. The number of carbonyl (C=O) groups excluding carboxylic acids is 1. The molecule has 1 atom stereocenters. The van der Waals surface area contributed by atoms with Gasteiger partial charge in [-0.1, -0.05) is 32.4 Å². The van der Waals surface area contributed by atoms with Crippen molar-refractivity contribution in [1.82, 2.24) is 5.32 Å². The van der Waals surface area contributed by atoms with Crippen LogP contribution in [-0.2, 0) is 4.79 Å². The number of benzene rings is 1. The van der Waals surface area contributed by atoms with Crippen molar-refractivity contribution in [1.29, 1.82) is 0 Å². The lowest BCUT2D eigenvalue weighted by atomic mass is 9.85. The standard InChI is InChI=1S/C19H30N4O.HI/c1-3-14(2)15-8-10-17(11-9-15)23-19(20)22-13-5-12-21-18(24)16-6-4-7-16;/h8-11,14,16H,3-7,12-13H2,1-2H3,(H,21,24)(H3,20,22,23);1H. The van der Waals surface area contributed by atoms with Crippen molar-refractivity contribution in [2.75, 3.05) is 18.4 Å². The molecule has 4 N–H and O–H groups in total. The first-order valence-corrected chi connectivity index (χ1v) is 9.04. The van der Waals surface area contributed by atoms with Crippen LogP contribution in [0.1, 0.15) is 57.4 Å². The third-order valence-corrected chi connectivity index (χ3v) is 4.76. The molecule has 25 heavy (non-hydrogen) atoms. The van der Waals surface area contributed by atoms with E-state index < -0.39 is 0 Å². The number of nitrogens with two attached hydrogens (primary N) is 1. The summed E-state index contributed by atoms with van der Waals surface area (Å²) >= 11 is 0. The summed E-state index contributed by atoms with van der Waals surface area (Å²) in [7, 11) is 0. The number of hydrogen-bond acceptors (Lipinski definition) is 2. The molecule has 2 rings (SSSR count). The molecule has 140 valence electrons. The van der Waals surface area contributed by atoms with Gasteiger partial charge in [-0.25, -0.2) is 0 Å². The largest absolute Gasteiger partial charge is 0.370 e. The van der Waals surface area contributed by atoms with Gasteiger partial charge in [-0.05, 0) is 49.3 Å². The summed E-state index contributed by atoms with van der Waals surface area (Å²) in [6.07, 6.45) is 5.19. The van der Waals surface area contributed by atoms with Crippen LogP contribution in [0.4, 0.5) is 5.69 Å². The van der Waals surface area contributed by atoms with Gasteiger partial charge in [-0.3, -0.25) is 9.79 Å². The maximum atomic E-state index is 11.7. The van der Waals surface area contributed by atoms with Crippen molar-refractivity contribution in [2.45, 2.75) is 51.9 Å². The average Bonchev–Trinajstić information content (AvgIpc) is 2.53. The van der Waals surface area contributed by atoms with Crippen molar-refractivity contribution in [3.63, 3.8) is 0 Å². The van der Waals surface area contributed by atoms with Crippen LogP contribution < -0.4 is 16.4 Å². The van der Waals surface area contributed by atoms with Crippen LogP contribution in [0.2, 0.25) is 0 Å². The van der Waals surface area contributed by atoms with E-state index >= 15 is 0 Å². The van der Waals surface area contributed by atoms with Gasteiger partial charge in [0.2, 0.25) is 5.91 Å². The molecule has 0 aliphatic heterocycles. The Balaban J connectivity index is 0.00000312. The van der Waals surface area contributed by atoms with E-state index in [2.05, 4.69) is 41.6 Å². The molecule has 0 heterocycles. The monoisotopic (exact) mass is 458 g/mol. The number of rotatable bonds is 8. The van der Waals surface area contributed by atoms with Gasteiger partial charge in [0, 0.05) is 24.7 Å². The van der Waals surface area contributed by atoms with Crippen LogP contribution in [-0.4, -0.2) is 25.0 Å². The zero-order chi connectivity index (χ0) is 17.4. The molecule has 1 aliphatic rings. The lowest BCUT2D eigenvalue weighted by Gasteiger charge is -2.23. The van der Waals surface area contributed by atoms with Gasteiger partial charge >= 0.3 is 0 Å². The van der Waals surface area contributed by atoms with Gasteiger partial charge in [0.1, 0.15) is 0 Å². The number of nitrogens with one attached hydrogen (secondary N) is 2. The highest BCUT2D eigenvalue weighted by Gasteiger charge is 2.24. The van der Waals surface area contributed by atoms with E-state index in [9.17, 15) is 4.79 Å². The Kier molecular flexibility index (Phi) is 9.85. The van der Waals surface area contributed by atoms with Crippen molar-refractivity contribution >= 4 is 41.5 Å². The lowest BCUT2D eigenvalue weighted by Crippen LogP contribution is -2.35. The van der Waals surface area contributed by atoms with Crippen molar-refractivity contribution in [2.24, 2.45) is 16.6 Å². The first-order valence-electron chi connectivity index (χ1n) is 9.04.